The molecule has 1 heterocycles. The van der Waals surface area contributed by atoms with Gasteiger partial charge in [-0.1, -0.05) is 50.2 Å². The van der Waals surface area contributed by atoms with Gasteiger partial charge in [0.25, 0.3) is 0 Å². The average molecular weight is 523 g/mol. The summed E-state index contributed by atoms with van der Waals surface area (Å²) in [6.07, 6.45) is 0. The summed E-state index contributed by atoms with van der Waals surface area (Å²) in [5, 5.41) is 9.80. The van der Waals surface area contributed by atoms with Crippen LogP contribution < -0.4 is 9.47 Å². The van der Waals surface area contributed by atoms with Crippen LogP contribution in [0.25, 0.3) is 22.4 Å². The summed E-state index contributed by atoms with van der Waals surface area (Å²) in [4.78, 5) is 18.4. The minimum atomic E-state index is -0.205. The summed E-state index contributed by atoms with van der Waals surface area (Å²) in [7, 11) is 3.10. The van der Waals surface area contributed by atoms with E-state index in [4.69, 9.17) is 14.5 Å². The minimum absolute atomic E-state index is 0.0643. The number of halogens is 1. The number of hydrogen-bond acceptors (Lipinski definition) is 5. The Morgan fingerprint density at radius 2 is 1.71 bits per heavy atom. The smallest absolute Gasteiger partial charge is 0.198 e. The maximum atomic E-state index is 13.5. The van der Waals surface area contributed by atoms with Gasteiger partial charge in [-0.2, -0.15) is 0 Å². The van der Waals surface area contributed by atoms with E-state index in [-0.39, 0.29) is 12.4 Å². The highest BCUT2D eigenvalue weighted by Gasteiger charge is 2.25. The van der Waals surface area contributed by atoms with Crippen LogP contribution in [0.3, 0.4) is 0 Å². The number of para-hydroxylation sites is 1. The molecular formula is C27H27BrN2O4. The second-order valence-corrected chi connectivity index (χ2v) is 9.05. The van der Waals surface area contributed by atoms with Gasteiger partial charge in [0, 0.05) is 17.7 Å². The van der Waals surface area contributed by atoms with Crippen molar-refractivity contribution < 1.29 is 19.4 Å². The molecule has 1 aromatic heterocycles. The third-order valence-corrected chi connectivity index (χ3v) is 6.70. The van der Waals surface area contributed by atoms with Crippen LogP contribution in [-0.4, -0.2) is 41.3 Å². The van der Waals surface area contributed by atoms with Gasteiger partial charge in [0.2, 0.25) is 0 Å². The Morgan fingerprint density at radius 3 is 2.32 bits per heavy atom. The molecule has 0 spiro atoms. The summed E-state index contributed by atoms with van der Waals surface area (Å²) in [5.41, 5.74) is 4.32. The highest BCUT2D eigenvalue weighted by atomic mass is 79.9. The van der Waals surface area contributed by atoms with Crippen molar-refractivity contribution in [2.75, 3.05) is 20.8 Å². The molecule has 0 aliphatic heterocycles. The summed E-state index contributed by atoms with van der Waals surface area (Å²) in [5.74, 6) is 1.91. The van der Waals surface area contributed by atoms with Gasteiger partial charge in [-0.25, -0.2) is 4.98 Å². The number of benzene rings is 3. The Labute approximate surface area is 207 Å². The van der Waals surface area contributed by atoms with Crippen molar-refractivity contribution in [3.8, 4) is 22.9 Å². The minimum Gasteiger partial charge on any atom is -0.496 e. The molecule has 0 amide bonds. The van der Waals surface area contributed by atoms with Gasteiger partial charge in [0.05, 0.1) is 30.9 Å². The molecule has 3 aromatic carbocycles. The van der Waals surface area contributed by atoms with E-state index in [1.54, 1.807) is 38.5 Å². The number of hydrogen-bond donors (Lipinski definition) is 1. The zero-order chi connectivity index (χ0) is 24.4. The number of imidazole rings is 1. The van der Waals surface area contributed by atoms with Crippen LogP contribution in [0.15, 0.2) is 59.1 Å². The summed E-state index contributed by atoms with van der Waals surface area (Å²) in [6.45, 7) is 4.57. The van der Waals surface area contributed by atoms with Gasteiger partial charge >= 0.3 is 0 Å². The highest BCUT2D eigenvalue weighted by Crippen LogP contribution is 2.39. The van der Waals surface area contributed by atoms with Crippen molar-refractivity contribution >= 4 is 32.7 Å². The fraction of sp³-hybridized carbons (Fsp3) is 0.259. The number of nitrogens with zero attached hydrogens (tertiary/aromatic N) is 2. The van der Waals surface area contributed by atoms with E-state index in [2.05, 4.69) is 41.9 Å². The normalized spacial score (nSPS) is 11.3. The number of rotatable bonds is 8. The number of carbonyl (C=O) groups is 1. The second-order valence-electron chi connectivity index (χ2n) is 8.25. The molecule has 4 aromatic rings. The lowest BCUT2D eigenvalue weighted by molar-refractivity contribution is 0.103. The van der Waals surface area contributed by atoms with Gasteiger partial charge in [0.15, 0.2) is 5.78 Å². The maximum absolute atomic E-state index is 13.5. The molecule has 0 aliphatic carbocycles. The SMILES string of the molecule is COc1ccccc1C(=O)c1cc(OC)c2c(nc(-c3ccc(C(C)C)cc3)n2CCO)c1Br. The Hall–Kier alpha value is -3.16. The van der Waals surface area contributed by atoms with E-state index in [0.717, 1.165) is 5.56 Å². The zero-order valence-electron chi connectivity index (χ0n) is 19.6. The largest absolute Gasteiger partial charge is 0.496 e. The van der Waals surface area contributed by atoms with Crippen molar-refractivity contribution in [3.63, 3.8) is 0 Å². The molecule has 4 rings (SSSR count). The van der Waals surface area contributed by atoms with E-state index < -0.39 is 0 Å². The standard InChI is InChI=1S/C27H27BrN2O4/c1-16(2)17-9-11-18(12-10-17)27-29-24-23(28)20(15-22(34-4)25(24)30(27)13-14-31)26(32)19-7-5-6-8-21(19)33-3/h5-12,15-16,31H,13-14H2,1-4H3. The van der Waals surface area contributed by atoms with E-state index in [1.165, 1.54) is 5.56 Å². The summed E-state index contributed by atoms with van der Waals surface area (Å²) < 4.78 is 13.6. The predicted octanol–water partition coefficient (Wildman–Crippen LogP) is 5.83. The third kappa shape index (κ3) is 4.21. The molecular weight excluding hydrogens is 496 g/mol. The van der Waals surface area contributed by atoms with Crippen LogP contribution in [0.1, 0.15) is 41.3 Å². The van der Waals surface area contributed by atoms with Gasteiger partial charge < -0.3 is 19.1 Å². The monoisotopic (exact) mass is 522 g/mol. The lowest BCUT2D eigenvalue weighted by Gasteiger charge is -2.13. The Bertz CT molecular complexity index is 1340. The lowest BCUT2D eigenvalue weighted by atomic mass is 10.0. The van der Waals surface area contributed by atoms with Crippen molar-refractivity contribution in [1.82, 2.24) is 9.55 Å². The Balaban J connectivity index is 1.94. The fourth-order valence-corrected chi connectivity index (χ4v) is 4.67. The van der Waals surface area contributed by atoms with Gasteiger partial charge in [-0.15, -0.1) is 0 Å². The molecule has 0 bridgehead atoms. The van der Waals surface area contributed by atoms with E-state index >= 15 is 0 Å². The quantitative estimate of drug-likeness (QED) is 0.294. The highest BCUT2D eigenvalue weighted by molar-refractivity contribution is 9.10. The lowest BCUT2D eigenvalue weighted by Crippen LogP contribution is -2.07. The van der Waals surface area contributed by atoms with Gasteiger partial charge in [0.1, 0.15) is 28.4 Å². The molecule has 176 valence electrons. The topological polar surface area (TPSA) is 73.6 Å². The number of aromatic nitrogens is 2. The van der Waals surface area contributed by atoms with Crippen LogP contribution in [-0.2, 0) is 6.54 Å². The molecule has 0 fully saturated rings. The Morgan fingerprint density at radius 1 is 1.03 bits per heavy atom. The molecule has 0 unspecified atom stereocenters. The number of carbonyl (C=O) groups excluding carboxylic acids is 1. The zero-order valence-corrected chi connectivity index (χ0v) is 21.2. The van der Waals surface area contributed by atoms with Crippen LogP contribution in [0.4, 0.5) is 0 Å². The first-order valence-electron chi connectivity index (χ1n) is 11.1. The summed E-state index contributed by atoms with van der Waals surface area (Å²) >= 11 is 3.64. The van der Waals surface area contributed by atoms with Crippen molar-refractivity contribution in [2.24, 2.45) is 0 Å². The molecule has 0 atom stereocenters. The van der Waals surface area contributed by atoms with Crippen LogP contribution in [0.5, 0.6) is 11.5 Å². The van der Waals surface area contributed by atoms with Gasteiger partial charge in [-0.3, -0.25) is 4.79 Å². The van der Waals surface area contributed by atoms with E-state index in [0.29, 0.717) is 56.4 Å². The first kappa shape index (κ1) is 24.0. The number of fused-ring (bicyclic) bond motifs is 1. The van der Waals surface area contributed by atoms with Crippen molar-refractivity contribution in [1.29, 1.82) is 0 Å². The number of aliphatic hydroxyl groups excluding tert-OH is 1. The molecule has 0 saturated carbocycles. The molecule has 0 saturated heterocycles. The van der Waals surface area contributed by atoms with E-state index in [9.17, 15) is 9.90 Å². The maximum Gasteiger partial charge on any atom is 0.198 e. The number of ketones is 1. The predicted molar refractivity (Wildman–Crippen MR) is 137 cm³/mol. The fourth-order valence-electron chi connectivity index (χ4n) is 4.10. The Kier molecular flexibility index (Phi) is 7.05. The average Bonchev–Trinajstić information content (AvgIpc) is 3.24. The number of ether oxygens (including phenoxy) is 2. The third-order valence-electron chi connectivity index (χ3n) is 5.90. The molecule has 6 nitrogen and oxygen atoms in total. The molecule has 34 heavy (non-hydrogen) atoms. The number of aliphatic hydroxyl groups is 1. The van der Waals surface area contributed by atoms with Crippen LogP contribution >= 0.6 is 15.9 Å². The van der Waals surface area contributed by atoms with E-state index in [1.807, 2.05) is 22.8 Å². The van der Waals surface area contributed by atoms with Gasteiger partial charge in [-0.05, 0) is 45.6 Å². The second kappa shape index (κ2) is 9.99. The van der Waals surface area contributed by atoms with Crippen LogP contribution in [0.2, 0.25) is 0 Å². The van der Waals surface area contributed by atoms with Crippen LogP contribution in [0, 0.1) is 0 Å². The molecule has 7 heteroatoms. The molecule has 0 radical (unpaired) electrons. The molecule has 0 aliphatic rings. The molecule has 1 N–H and O–H groups in total. The number of methoxy groups -OCH3 is 2. The first-order valence-corrected chi connectivity index (χ1v) is 11.9. The summed E-state index contributed by atoms with van der Waals surface area (Å²) in [6, 6.07) is 17.1. The van der Waals surface area contributed by atoms with Crippen molar-refractivity contribution in [3.05, 3.63) is 75.8 Å². The van der Waals surface area contributed by atoms with Crippen molar-refractivity contribution in [2.45, 2.75) is 26.3 Å². The first-order chi connectivity index (χ1) is 16.4.